The Morgan fingerprint density at radius 3 is 2.65 bits per heavy atom. The number of anilines is 1. The monoisotopic (exact) mass is 441 g/mol. The second-order valence-electron chi connectivity index (χ2n) is 7.22. The number of amides is 2. The molecule has 1 saturated heterocycles. The van der Waals surface area contributed by atoms with Crippen LogP contribution >= 0.6 is 0 Å². The van der Waals surface area contributed by atoms with Gasteiger partial charge in [0.1, 0.15) is 23.4 Å². The summed E-state index contributed by atoms with van der Waals surface area (Å²) < 4.78 is 66.0. The average Bonchev–Trinajstić information content (AvgIpc) is 3.06. The Balaban J connectivity index is 2.00. The third-order valence-corrected chi connectivity index (χ3v) is 5.10. The van der Waals surface area contributed by atoms with Crippen molar-refractivity contribution < 1.29 is 36.6 Å². The molecule has 0 bridgehead atoms. The van der Waals surface area contributed by atoms with Crippen molar-refractivity contribution in [1.82, 2.24) is 4.98 Å². The summed E-state index contributed by atoms with van der Waals surface area (Å²) in [5.74, 6) is -3.92. The molecule has 1 aromatic heterocycles. The summed E-state index contributed by atoms with van der Waals surface area (Å²) in [4.78, 5) is 27.9. The van der Waals surface area contributed by atoms with E-state index in [9.17, 15) is 27.2 Å². The standard InChI is InChI=1S/C20H19F4N3O4/c1-19(20(22,23)24)9-11(15-12(21)4-3-5-14(15)30-2)16(31-19)18(29)27-10-6-7-26-13(8-10)17(25)28/h3-8,11,16H,9H2,1-2H3,(H2,25,28)(H,26,27,29)/t11-,16+,19-/m1/s1. The zero-order chi connectivity index (χ0) is 23.0. The first kappa shape index (κ1) is 22.5. The minimum Gasteiger partial charge on any atom is -0.496 e. The van der Waals surface area contributed by atoms with Crippen LogP contribution in [0.1, 0.15) is 35.3 Å². The van der Waals surface area contributed by atoms with Crippen molar-refractivity contribution in [1.29, 1.82) is 0 Å². The Morgan fingerprint density at radius 1 is 1.32 bits per heavy atom. The molecule has 0 radical (unpaired) electrons. The number of benzene rings is 1. The maximum absolute atomic E-state index is 14.6. The summed E-state index contributed by atoms with van der Waals surface area (Å²) in [6, 6.07) is 6.28. The van der Waals surface area contributed by atoms with E-state index in [2.05, 4.69) is 10.3 Å². The van der Waals surface area contributed by atoms with E-state index >= 15 is 0 Å². The molecule has 3 atom stereocenters. The zero-order valence-electron chi connectivity index (χ0n) is 16.5. The van der Waals surface area contributed by atoms with Crippen molar-refractivity contribution in [2.45, 2.75) is 37.1 Å². The Hall–Kier alpha value is -3.21. The maximum atomic E-state index is 14.6. The van der Waals surface area contributed by atoms with Gasteiger partial charge in [0.2, 0.25) is 0 Å². The molecule has 3 rings (SSSR count). The van der Waals surface area contributed by atoms with Gasteiger partial charge in [-0.1, -0.05) is 6.07 Å². The van der Waals surface area contributed by atoms with Gasteiger partial charge in [-0.05, 0) is 37.6 Å². The van der Waals surface area contributed by atoms with Gasteiger partial charge in [-0.2, -0.15) is 13.2 Å². The Labute approximate surface area is 174 Å². The molecule has 1 fully saturated rings. The van der Waals surface area contributed by atoms with Crippen LogP contribution in [0.4, 0.5) is 23.2 Å². The Kier molecular flexibility index (Phi) is 5.90. The number of alkyl halides is 3. The zero-order valence-corrected chi connectivity index (χ0v) is 16.5. The normalized spacial score (nSPS) is 23.4. The molecule has 11 heteroatoms. The fourth-order valence-corrected chi connectivity index (χ4v) is 3.52. The second kappa shape index (κ2) is 8.14. The van der Waals surface area contributed by atoms with E-state index in [0.717, 1.165) is 19.1 Å². The molecule has 7 nitrogen and oxygen atoms in total. The molecule has 0 spiro atoms. The predicted octanol–water partition coefficient (Wildman–Crippen LogP) is 3.16. The number of halogens is 4. The van der Waals surface area contributed by atoms with E-state index in [1.54, 1.807) is 0 Å². The highest BCUT2D eigenvalue weighted by molar-refractivity contribution is 5.97. The molecule has 31 heavy (non-hydrogen) atoms. The van der Waals surface area contributed by atoms with Gasteiger partial charge in [-0.15, -0.1) is 0 Å². The third kappa shape index (κ3) is 4.31. The summed E-state index contributed by atoms with van der Waals surface area (Å²) in [6.45, 7) is 0.804. The van der Waals surface area contributed by atoms with E-state index in [-0.39, 0.29) is 22.7 Å². The molecule has 2 amide bonds. The number of nitrogens with zero attached hydrogens (tertiary/aromatic N) is 1. The van der Waals surface area contributed by atoms with Crippen LogP contribution in [-0.4, -0.2) is 41.8 Å². The van der Waals surface area contributed by atoms with Crippen LogP contribution in [0.15, 0.2) is 36.5 Å². The fraction of sp³-hybridized carbons (Fsp3) is 0.350. The van der Waals surface area contributed by atoms with Crippen molar-refractivity contribution in [3.05, 3.63) is 53.6 Å². The quantitative estimate of drug-likeness (QED) is 0.694. The highest BCUT2D eigenvalue weighted by atomic mass is 19.4. The van der Waals surface area contributed by atoms with Crippen LogP contribution in [0.25, 0.3) is 0 Å². The molecule has 0 saturated carbocycles. The van der Waals surface area contributed by atoms with E-state index in [1.807, 2.05) is 0 Å². The highest BCUT2D eigenvalue weighted by Crippen LogP contribution is 2.51. The van der Waals surface area contributed by atoms with Crippen LogP contribution in [0.3, 0.4) is 0 Å². The molecule has 0 aliphatic carbocycles. The number of aromatic nitrogens is 1. The first-order valence-electron chi connectivity index (χ1n) is 9.10. The Bertz CT molecular complexity index is 1010. The molecule has 2 heterocycles. The van der Waals surface area contributed by atoms with E-state index in [1.165, 1.54) is 31.5 Å². The number of nitrogens with two attached hydrogens (primary N) is 1. The molecule has 0 unspecified atom stereocenters. The number of methoxy groups -OCH3 is 1. The lowest BCUT2D eigenvalue weighted by molar-refractivity contribution is -0.261. The van der Waals surface area contributed by atoms with Crippen molar-refractivity contribution >= 4 is 17.5 Å². The molecule has 3 N–H and O–H groups in total. The summed E-state index contributed by atoms with van der Waals surface area (Å²) in [6.07, 6.45) is -6.01. The number of rotatable bonds is 5. The Morgan fingerprint density at radius 2 is 2.03 bits per heavy atom. The minimum absolute atomic E-state index is 0.00208. The number of nitrogens with one attached hydrogen (secondary N) is 1. The number of pyridine rings is 1. The number of hydrogen-bond acceptors (Lipinski definition) is 5. The first-order chi connectivity index (χ1) is 14.5. The largest absolute Gasteiger partial charge is 0.496 e. The number of carbonyl (C=O) groups excluding carboxylic acids is 2. The van der Waals surface area contributed by atoms with Crippen LogP contribution in [-0.2, 0) is 9.53 Å². The van der Waals surface area contributed by atoms with Crippen LogP contribution in [0.2, 0.25) is 0 Å². The van der Waals surface area contributed by atoms with Crippen LogP contribution < -0.4 is 15.8 Å². The van der Waals surface area contributed by atoms with E-state index < -0.39 is 47.9 Å². The van der Waals surface area contributed by atoms with Crippen molar-refractivity contribution in [2.24, 2.45) is 5.73 Å². The first-order valence-corrected chi connectivity index (χ1v) is 9.10. The lowest BCUT2D eigenvalue weighted by Gasteiger charge is -2.27. The minimum atomic E-state index is -4.81. The average molecular weight is 441 g/mol. The van der Waals surface area contributed by atoms with Gasteiger partial charge >= 0.3 is 6.18 Å². The highest BCUT2D eigenvalue weighted by Gasteiger charge is 2.61. The molecular weight excluding hydrogens is 422 g/mol. The van der Waals surface area contributed by atoms with Gasteiger partial charge in [0.25, 0.3) is 11.8 Å². The van der Waals surface area contributed by atoms with Crippen molar-refractivity contribution in [3.8, 4) is 5.75 Å². The summed E-state index contributed by atoms with van der Waals surface area (Å²) in [5, 5.41) is 2.38. The van der Waals surface area contributed by atoms with Gasteiger partial charge < -0.3 is 20.5 Å². The van der Waals surface area contributed by atoms with Crippen LogP contribution in [0.5, 0.6) is 5.75 Å². The number of ether oxygens (including phenoxy) is 2. The van der Waals surface area contributed by atoms with Gasteiger partial charge in [-0.25, -0.2) is 4.39 Å². The van der Waals surface area contributed by atoms with Gasteiger partial charge in [0.05, 0.1) is 7.11 Å². The molecule has 1 aromatic carbocycles. The maximum Gasteiger partial charge on any atom is 0.417 e. The topological polar surface area (TPSA) is 104 Å². The summed E-state index contributed by atoms with van der Waals surface area (Å²) in [7, 11) is 1.24. The van der Waals surface area contributed by atoms with Gasteiger partial charge in [0.15, 0.2) is 5.60 Å². The van der Waals surface area contributed by atoms with Crippen molar-refractivity contribution in [2.75, 3.05) is 12.4 Å². The SMILES string of the molecule is COc1cccc(F)c1[C@H]1C[C@](C)(C(F)(F)F)O[C@@H]1C(=O)Nc1ccnc(C(N)=O)c1. The number of carbonyl (C=O) groups is 2. The third-order valence-electron chi connectivity index (χ3n) is 5.10. The smallest absolute Gasteiger partial charge is 0.417 e. The van der Waals surface area contributed by atoms with Crippen LogP contribution in [0, 0.1) is 5.82 Å². The predicted molar refractivity (Wildman–Crippen MR) is 101 cm³/mol. The lowest BCUT2D eigenvalue weighted by Crippen LogP contribution is -2.43. The van der Waals surface area contributed by atoms with Gasteiger partial charge in [-0.3, -0.25) is 14.6 Å². The lowest BCUT2D eigenvalue weighted by atomic mass is 9.85. The fourth-order valence-electron chi connectivity index (χ4n) is 3.52. The summed E-state index contributed by atoms with van der Waals surface area (Å²) in [5.41, 5.74) is 2.18. The number of hydrogen-bond donors (Lipinski definition) is 2. The molecule has 166 valence electrons. The van der Waals surface area contributed by atoms with E-state index in [0.29, 0.717) is 0 Å². The molecular formula is C20H19F4N3O4. The van der Waals surface area contributed by atoms with E-state index in [4.69, 9.17) is 15.2 Å². The molecule has 1 aliphatic heterocycles. The molecule has 2 aromatic rings. The molecule has 1 aliphatic rings. The van der Waals surface area contributed by atoms with Gasteiger partial charge in [0, 0.05) is 23.4 Å². The number of primary amides is 1. The summed E-state index contributed by atoms with van der Waals surface area (Å²) >= 11 is 0. The van der Waals surface area contributed by atoms with Crippen molar-refractivity contribution in [3.63, 3.8) is 0 Å². The second-order valence-corrected chi connectivity index (χ2v) is 7.22.